The van der Waals surface area contributed by atoms with Gasteiger partial charge < -0.3 is 34.8 Å². The second kappa shape index (κ2) is 32.0. The Kier molecular flexibility index (Phi) is 29.7. The van der Waals surface area contributed by atoms with Crippen LogP contribution in [0.5, 0.6) is 0 Å². The molecule has 0 saturated heterocycles. The Morgan fingerprint density at radius 2 is 1.43 bits per heavy atom. The SMILES string of the molecule is CCCCC[C@H](O)/C=C/[C@H]1C(=O)C[C@H](O)[C@@H]1C/C=C\CCCC(=O)OC[C@H](COP(=O)(O)OC[C@@H](O)CO)OC(=O)CCCCCCCCCCCCC(C)C. The van der Waals surface area contributed by atoms with Crippen LogP contribution in [-0.2, 0) is 37.5 Å². The number of carbonyl (C=O) groups is 3. The summed E-state index contributed by atoms with van der Waals surface area (Å²) in [6, 6.07) is 0. The van der Waals surface area contributed by atoms with Crippen molar-refractivity contribution >= 4 is 25.5 Å². The molecule has 0 heterocycles. The molecule has 0 amide bonds. The third kappa shape index (κ3) is 26.9. The molecule has 56 heavy (non-hydrogen) atoms. The van der Waals surface area contributed by atoms with Gasteiger partial charge in [-0.3, -0.25) is 23.4 Å². The first-order valence-electron chi connectivity index (χ1n) is 21.3. The monoisotopic (exact) mass is 818 g/mol. The van der Waals surface area contributed by atoms with Crippen molar-refractivity contribution in [3.63, 3.8) is 0 Å². The van der Waals surface area contributed by atoms with E-state index in [1.165, 1.54) is 44.9 Å². The number of rotatable bonds is 35. The van der Waals surface area contributed by atoms with E-state index in [0.29, 0.717) is 32.1 Å². The Balaban J connectivity index is 2.49. The maximum Gasteiger partial charge on any atom is 0.472 e. The normalized spacial score (nSPS) is 20.2. The summed E-state index contributed by atoms with van der Waals surface area (Å²) < 4.78 is 32.6. The highest BCUT2D eigenvalue weighted by Crippen LogP contribution is 2.43. The minimum absolute atomic E-state index is 0.0426. The highest BCUT2D eigenvalue weighted by Gasteiger charge is 2.39. The Morgan fingerprint density at radius 3 is 2.07 bits per heavy atom. The molecule has 0 radical (unpaired) electrons. The van der Waals surface area contributed by atoms with Crippen LogP contribution in [0, 0.1) is 17.8 Å². The Bertz CT molecular complexity index is 1160. The van der Waals surface area contributed by atoms with Gasteiger partial charge in [-0.1, -0.05) is 129 Å². The van der Waals surface area contributed by atoms with Crippen molar-refractivity contribution in [3.05, 3.63) is 24.3 Å². The van der Waals surface area contributed by atoms with Crippen molar-refractivity contribution in [1.82, 2.24) is 0 Å². The van der Waals surface area contributed by atoms with Gasteiger partial charge in [-0.05, 0) is 38.0 Å². The number of phosphoric ester groups is 1. The molecule has 0 spiro atoms. The first kappa shape index (κ1) is 52.1. The fraction of sp³-hybridized carbons (Fsp3) is 0.833. The molecule has 0 aliphatic heterocycles. The molecule has 0 aromatic heterocycles. The van der Waals surface area contributed by atoms with Crippen LogP contribution in [0.3, 0.4) is 0 Å². The van der Waals surface area contributed by atoms with Crippen LogP contribution in [0.1, 0.15) is 156 Å². The number of carbonyl (C=O) groups excluding carboxylic acids is 3. The van der Waals surface area contributed by atoms with Gasteiger partial charge in [-0.25, -0.2) is 4.57 Å². The van der Waals surface area contributed by atoms with Gasteiger partial charge in [0.1, 0.15) is 18.5 Å². The second-order valence-corrected chi connectivity index (χ2v) is 17.1. The molecule has 13 nitrogen and oxygen atoms in total. The lowest BCUT2D eigenvalue weighted by Crippen LogP contribution is -2.29. The molecule has 14 heteroatoms. The fourth-order valence-corrected chi connectivity index (χ4v) is 7.30. The molecule has 1 fully saturated rings. The predicted octanol–water partition coefficient (Wildman–Crippen LogP) is 7.45. The molecule has 0 aromatic carbocycles. The van der Waals surface area contributed by atoms with Gasteiger partial charge in [0.05, 0.1) is 32.0 Å². The van der Waals surface area contributed by atoms with Crippen molar-refractivity contribution in [1.29, 1.82) is 0 Å². The number of phosphoric acid groups is 1. The van der Waals surface area contributed by atoms with E-state index < -0.39 is 76.5 Å². The summed E-state index contributed by atoms with van der Waals surface area (Å²) in [7, 11) is -4.68. The third-order valence-corrected chi connectivity index (χ3v) is 10.9. The van der Waals surface area contributed by atoms with E-state index in [0.717, 1.165) is 44.4 Å². The fourth-order valence-electron chi connectivity index (χ4n) is 6.51. The molecule has 0 bridgehead atoms. The summed E-state index contributed by atoms with van der Waals surface area (Å²) in [6.07, 6.45) is 21.0. The van der Waals surface area contributed by atoms with Crippen molar-refractivity contribution in [2.75, 3.05) is 26.4 Å². The molecule has 1 aliphatic carbocycles. The summed E-state index contributed by atoms with van der Waals surface area (Å²) in [4.78, 5) is 47.6. The van der Waals surface area contributed by atoms with Crippen molar-refractivity contribution < 1.29 is 62.8 Å². The number of aliphatic hydroxyl groups is 4. The van der Waals surface area contributed by atoms with Crippen LogP contribution >= 0.6 is 7.82 Å². The largest absolute Gasteiger partial charge is 0.472 e. The van der Waals surface area contributed by atoms with Gasteiger partial charge in [-0.2, -0.15) is 0 Å². The topological polar surface area (TPSA) is 206 Å². The number of unbranched alkanes of at least 4 members (excludes halogenated alkanes) is 12. The predicted molar refractivity (Wildman–Crippen MR) is 215 cm³/mol. The number of hydrogen-bond donors (Lipinski definition) is 5. The number of aliphatic hydroxyl groups excluding tert-OH is 4. The number of allylic oxidation sites excluding steroid dienone is 3. The number of ketones is 1. The maximum atomic E-state index is 12.6. The molecule has 1 aliphatic rings. The van der Waals surface area contributed by atoms with Crippen LogP contribution in [0.25, 0.3) is 0 Å². The number of esters is 2. The van der Waals surface area contributed by atoms with Gasteiger partial charge in [0.15, 0.2) is 6.10 Å². The average Bonchev–Trinajstić information content (AvgIpc) is 3.43. The number of ether oxygens (including phenoxy) is 2. The van der Waals surface area contributed by atoms with Gasteiger partial charge in [0, 0.05) is 31.1 Å². The molecule has 7 atom stereocenters. The Hall–Kier alpha value is -1.96. The molecular formula is C42H75O13P. The smallest absolute Gasteiger partial charge is 0.462 e. The van der Waals surface area contributed by atoms with E-state index in [4.69, 9.17) is 19.1 Å². The quantitative estimate of drug-likeness (QED) is 0.0183. The van der Waals surface area contributed by atoms with E-state index >= 15 is 0 Å². The average molecular weight is 819 g/mol. The lowest BCUT2D eigenvalue weighted by molar-refractivity contribution is -0.161. The van der Waals surface area contributed by atoms with E-state index in [-0.39, 0.29) is 31.0 Å². The zero-order valence-electron chi connectivity index (χ0n) is 34.5. The zero-order valence-corrected chi connectivity index (χ0v) is 35.4. The lowest BCUT2D eigenvalue weighted by atomic mass is 9.90. The first-order valence-corrected chi connectivity index (χ1v) is 22.7. The summed E-state index contributed by atoms with van der Waals surface area (Å²) >= 11 is 0. The number of hydrogen-bond acceptors (Lipinski definition) is 12. The van der Waals surface area contributed by atoms with E-state index in [1.807, 2.05) is 12.2 Å². The second-order valence-electron chi connectivity index (χ2n) is 15.6. The van der Waals surface area contributed by atoms with Gasteiger partial charge in [0.25, 0.3) is 0 Å². The summed E-state index contributed by atoms with van der Waals surface area (Å²) in [6.45, 7) is 4.25. The molecule has 0 aromatic rings. The highest BCUT2D eigenvalue weighted by atomic mass is 31.2. The van der Waals surface area contributed by atoms with Crippen molar-refractivity contribution in [3.8, 4) is 0 Å². The highest BCUT2D eigenvalue weighted by molar-refractivity contribution is 7.47. The minimum Gasteiger partial charge on any atom is -0.462 e. The van der Waals surface area contributed by atoms with Crippen molar-refractivity contribution in [2.45, 2.75) is 180 Å². The summed E-state index contributed by atoms with van der Waals surface area (Å²) in [5.41, 5.74) is 0. The summed E-state index contributed by atoms with van der Waals surface area (Å²) in [5.74, 6) is -1.14. The van der Waals surface area contributed by atoms with Gasteiger partial charge in [0.2, 0.25) is 0 Å². The Morgan fingerprint density at radius 1 is 0.821 bits per heavy atom. The molecule has 326 valence electrons. The lowest BCUT2D eigenvalue weighted by Gasteiger charge is -2.20. The first-order chi connectivity index (χ1) is 26.8. The molecule has 1 saturated carbocycles. The van der Waals surface area contributed by atoms with Crippen LogP contribution in [0.4, 0.5) is 0 Å². The standard InChI is InChI=1S/C42H75O13P/c1-4-5-16-22-34(44)26-27-38-37(39(46)28-40(38)47)23-18-14-15-19-24-41(48)52-31-36(32-54-56(50,51)53-30-35(45)29-43)55-42(49)25-20-13-11-9-7-6-8-10-12-17-21-33(2)3/h14,18,26-27,33-39,43-46H,4-13,15-17,19-25,28-32H2,1-3H3,(H,50,51)/b18-14-,27-26+/t34-,35-,36+,37+,38+,39-/m0/s1. The molecular weight excluding hydrogens is 743 g/mol. The van der Waals surface area contributed by atoms with Gasteiger partial charge in [-0.15, -0.1) is 0 Å². The van der Waals surface area contributed by atoms with E-state index in [9.17, 15) is 39.2 Å². The maximum absolute atomic E-state index is 12.6. The van der Waals surface area contributed by atoms with Crippen LogP contribution in [0.15, 0.2) is 24.3 Å². The summed E-state index contributed by atoms with van der Waals surface area (Å²) in [5, 5.41) is 39.0. The molecule has 1 unspecified atom stereocenters. The van der Waals surface area contributed by atoms with Crippen LogP contribution in [-0.4, -0.2) is 93.9 Å². The van der Waals surface area contributed by atoms with Crippen LogP contribution in [0.2, 0.25) is 0 Å². The Labute approximate surface area is 336 Å². The zero-order chi connectivity index (χ0) is 41.6. The van der Waals surface area contributed by atoms with Crippen molar-refractivity contribution in [2.24, 2.45) is 17.8 Å². The number of Topliss-reactive ketones (excluding diaryl/α,β-unsaturated/α-hetero) is 1. The van der Waals surface area contributed by atoms with Crippen LogP contribution < -0.4 is 0 Å². The minimum atomic E-state index is -4.68. The third-order valence-electron chi connectivity index (χ3n) is 9.91. The van der Waals surface area contributed by atoms with E-state index in [1.54, 1.807) is 12.2 Å². The molecule has 5 N–H and O–H groups in total. The van der Waals surface area contributed by atoms with E-state index in [2.05, 4.69) is 25.3 Å². The van der Waals surface area contributed by atoms with Gasteiger partial charge >= 0.3 is 19.8 Å². The molecule has 1 rings (SSSR count).